The molecule has 0 bridgehead atoms. The standard InChI is InChI=1S/C12H16N6O/c1-9(10-3-2-4-14-6-10)15-12(19)8-18-7-11(5-13)16-17-18/h2-4,6-7,9H,5,8,13H2,1H3,(H,15,19)/t9-/m0/s1. The van der Waals surface area contributed by atoms with E-state index in [4.69, 9.17) is 5.73 Å². The average molecular weight is 260 g/mol. The summed E-state index contributed by atoms with van der Waals surface area (Å²) in [5, 5.41) is 10.5. The third-order valence-electron chi connectivity index (χ3n) is 2.66. The minimum atomic E-state index is -0.134. The Labute approximate surface area is 110 Å². The fourth-order valence-electron chi connectivity index (χ4n) is 1.66. The highest BCUT2D eigenvalue weighted by molar-refractivity contribution is 5.76. The second kappa shape index (κ2) is 6.05. The third kappa shape index (κ3) is 3.59. The summed E-state index contributed by atoms with van der Waals surface area (Å²) in [5.41, 5.74) is 7.04. The van der Waals surface area contributed by atoms with E-state index in [9.17, 15) is 4.79 Å². The summed E-state index contributed by atoms with van der Waals surface area (Å²) in [6.07, 6.45) is 5.09. The van der Waals surface area contributed by atoms with E-state index in [0.717, 1.165) is 5.56 Å². The molecule has 0 unspecified atom stereocenters. The van der Waals surface area contributed by atoms with E-state index in [1.54, 1.807) is 18.6 Å². The molecule has 0 spiro atoms. The molecule has 2 aromatic heterocycles. The largest absolute Gasteiger partial charge is 0.348 e. The van der Waals surface area contributed by atoms with Gasteiger partial charge in [0.2, 0.25) is 5.91 Å². The summed E-state index contributed by atoms with van der Waals surface area (Å²) in [5.74, 6) is -0.134. The number of rotatable bonds is 5. The van der Waals surface area contributed by atoms with Crippen LogP contribution in [-0.2, 0) is 17.9 Å². The first kappa shape index (κ1) is 13.2. The molecule has 2 heterocycles. The lowest BCUT2D eigenvalue weighted by Crippen LogP contribution is -2.30. The van der Waals surface area contributed by atoms with Crippen LogP contribution in [0, 0.1) is 0 Å². The number of aromatic nitrogens is 4. The molecular weight excluding hydrogens is 244 g/mol. The third-order valence-corrected chi connectivity index (χ3v) is 2.66. The Morgan fingerprint density at radius 1 is 1.58 bits per heavy atom. The molecule has 3 N–H and O–H groups in total. The molecule has 7 heteroatoms. The first-order valence-corrected chi connectivity index (χ1v) is 5.97. The monoisotopic (exact) mass is 260 g/mol. The van der Waals surface area contributed by atoms with E-state index >= 15 is 0 Å². The molecule has 100 valence electrons. The lowest BCUT2D eigenvalue weighted by Gasteiger charge is -2.13. The van der Waals surface area contributed by atoms with Gasteiger partial charge in [0.05, 0.1) is 17.9 Å². The van der Waals surface area contributed by atoms with Crippen LogP contribution in [-0.4, -0.2) is 25.9 Å². The number of nitrogens with one attached hydrogen (secondary N) is 1. The van der Waals surface area contributed by atoms with Crippen molar-refractivity contribution in [2.45, 2.75) is 26.1 Å². The van der Waals surface area contributed by atoms with E-state index in [1.807, 2.05) is 19.1 Å². The van der Waals surface area contributed by atoms with Crippen molar-refractivity contribution in [2.24, 2.45) is 5.73 Å². The van der Waals surface area contributed by atoms with E-state index in [-0.39, 0.29) is 18.5 Å². The van der Waals surface area contributed by atoms with Crippen LogP contribution in [0.2, 0.25) is 0 Å². The predicted molar refractivity (Wildman–Crippen MR) is 68.7 cm³/mol. The van der Waals surface area contributed by atoms with Gasteiger partial charge in [-0.3, -0.25) is 9.78 Å². The van der Waals surface area contributed by atoms with Crippen LogP contribution in [0.25, 0.3) is 0 Å². The maximum Gasteiger partial charge on any atom is 0.242 e. The van der Waals surface area contributed by atoms with Crippen molar-refractivity contribution >= 4 is 5.91 Å². The van der Waals surface area contributed by atoms with Crippen LogP contribution >= 0.6 is 0 Å². The highest BCUT2D eigenvalue weighted by Crippen LogP contribution is 2.09. The van der Waals surface area contributed by atoms with Crippen molar-refractivity contribution in [1.82, 2.24) is 25.3 Å². The highest BCUT2D eigenvalue weighted by atomic mass is 16.2. The molecule has 0 aliphatic heterocycles. The van der Waals surface area contributed by atoms with Gasteiger partial charge in [0.15, 0.2) is 0 Å². The van der Waals surface area contributed by atoms with Crippen molar-refractivity contribution < 1.29 is 4.79 Å². The number of pyridine rings is 1. The van der Waals surface area contributed by atoms with Crippen LogP contribution in [0.15, 0.2) is 30.7 Å². The Bertz CT molecular complexity index is 538. The number of amides is 1. The van der Waals surface area contributed by atoms with Gasteiger partial charge in [0, 0.05) is 18.9 Å². The summed E-state index contributed by atoms with van der Waals surface area (Å²) >= 11 is 0. The molecule has 0 saturated heterocycles. The number of hydrogen-bond acceptors (Lipinski definition) is 5. The number of nitrogens with two attached hydrogens (primary N) is 1. The quantitative estimate of drug-likeness (QED) is 0.789. The van der Waals surface area contributed by atoms with Gasteiger partial charge in [-0.2, -0.15) is 0 Å². The summed E-state index contributed by atoms with van der Waals surface area (Å²) in [7, 11) is 0. The minimum absolute atomic E-state index is 0.0984. The molecule has 0 aliphatic rings. The van der Waals surface area contributed by atoms with Crippen LogP contribution in [0.3, 0.4) is 0 Å². The van der Waals surface area contributed by atoms with Crippen LogP contribution in [0.5, 0.6) is 0 Å². The zero-order valence-electron chi connectivity index (χ0n) is 10.7. The highest BCUT2D eigenvalue weighted by Gasteiger charge is 2.10. The second-order valence-electron chi connectivity index (χ2n) is 4.19. The van der Waals surface area contributed by atoms with Crippen molar-refractivity contribution in [3.63, 3.8) is 0 Å². The van der Waals surface area contributed by atoms with Crippen LogP contribution in [0.1, 0.15) is 24.2 Å². The van der Waals surface area contributed by atoms with E-state index in [0.29, 0.717) is 12.2 Å². The van der Waals surface area contributed by atoms with E-state index < -0.39 is 0 Å². The fourth-order valence-corrected chi connectivity index (χ4v) is 1.66. The Morgan fingerprint density at radius 2 is 2.42 bits per heavy atom. The maximum atomic E-state index is 11.8. The first-order chi connectivity index (χ1) is 9.19. The Kier molecular flexibility index (Phi) is 4.19. The summed E-state index contributed by atoms with van der Waals surface area (Å²) < 4.78 is 1.47. The molecule has 2 aromatic rings. The second-order valence-corrected chi connectivity index (χ2v) is 4.19. The predicted octanol–water partition coefficient (Wildman–Crippen LogP) is 0.00920. The molecule has 2 rings (SSSR count). The van der Waals surface area contributed by atoms with Crippen LogP contribution in [0.4, 0.5) is 0 Å². The van der Waals surface area contributed by atoms with Crippen molar-refractivity contribution in [1.29, 1.82) is 0 Å². The van der Waals surface area contributed by atoms with Crippen molar-refractivity contribution in [3.05, 3.63) is 42.0 Å². The Morgan fingerprint density at radius 3 is 3.05 bits per heavy atom. The van der Waals surface area contributed by atoms with E-state index in [1.165, 1.54) is 4.68 Å². The normalized spacial score (nSPS) is 12.1. The van der Waals surface area contributed by atoms with Gasteiger partial charge in [-0.1, -0.05) is 11.3 Å². The molecule has 0 aromatic carbocycles. The fraction of sp³-hybridized carbons (Fsp3) is 0.333. The number of carbonyl (C=O) groups excluding carboxylic acids is 1. The molecule has 1 amide bonds. The molecule has 0 aliphatic carbocycles. The molecule has 0 radical (unpaired) electrons. The molecular formula is C12H16N6O. The molecule has 0 saturated carbocycles. The SMILES string of the molecule is C[C@H](NC(=O)Cn1cc(CN)nn1)c1cccnc1. The molecule has 19 heavy (non-hydrogen) atoms. The summed E-state index contributed by atoms with van der Waals surface area (Å²) in [6, 6.07) is 3.65. The Hall–Kier alpha value is -2.28. The maximum absolute atomic E-state index is 11.8. The molecule has 1 atom stereocenters. The van der Waals surface area contributed by atoms with Crippen molar-refractivity contribution in [2.75, 3.05) is 0 Å². The number of carbonyl (C=O) groups is 1. The lowest BCUT2D eigenvalue weighted by atomic mass is 10.1. The molecule has 7 nitrogen and oxygen atoms in total. The first-order valence-electron chi connectivity index (χ1n) is 5.97. The van der Waals surface area contributed by atoms with Gasteiger partial charge >= 0.3 is 0 Å². The topological polar surface area (TPSA) is 98.7 Å². The van der Waals surface area contributed by atoms with Crippen molar-refractivity contribution in [3.8, 4) is 0 Å². The average Bonchev–Trinajstić information content (AvgIpc) is 2.87. The van der Waals surface area contributed by atoms with Gasteiger partial charge in [-0.25, -0.2) is 4.68 Å². The minimum Gasteiger partial charge on any atom is -0.348 e. The van der Waals surface area contributed by atoms with Gasteiger partial charge in [0.25, 0.3) is 0 Å². The van der Waals surface area contributed by atoms with Gasteiger partial charge in [-0.05, 0) is 18.6 Å². The lowest BCUT2D eigenvalue weighted by molar-refractivity contribution is -0.122. The van der Waals surface area contributed by atoms with Gasteiger partial charge in [0.1, 0.15) is 6.54 Å². The van der Waals surface area contributed by atoms with Gasteiger partial charge < -0.3 is 11.1 Å². The summed E-state index contributed by atoms with van der Waals surface area (Å²) in [6.45, 7) is 2.34. The zero-order valence-corrected chi connectivity index (χ0v) is 10.7. The smallest absolute Gasteiger partial charge is 0.242 e. The number of nitrogens with zero attached hydrogens (tertiary/aromatic N) is 4. The zero-order chi connectivity index (χ0) is 13.7. The van der Waals surface area contributed by atoms with Crippen LogP contribution < -0.4 is 11.1 Å². The Balaban J connectivity index is 1.91. The molecule has 0 fully saturated rings. The number of hydrogen-bond donors (Lipinski definition) is 2. The summed E-state index contributed by atoms with van der Waals surface area (Å²) in [4.78, 5) is 15.9. The van der Waals surface area contributed by atoms with E-state index in [2.05, 4.69) is 20.6 Å². The van der Waals surface area contributed by atoms with Gasteiger partial charge in [-0.15, -0.1) is 5.10 Å².